The van der Waals surface area contributed by atoms with Crippen LogP contribution >= 0.6 is 0 Å². The van der Waals surface area contributed by atoms with Gasteiger partial charge in [0.05, 0.1) is 11.5 Å². The summed E-state index contributed by atoms with van der Waals surface area (Å²) in [5.41, 5.74) is 0. The van der Waals surface area contributed by atoms with Gasteiger partial charge >= 0.3 is 0 Å². The molecule has 0 aromatic rings. The molecule has 0 aromatic carbocycles. The predicted octanol–water partition coefficient (Wildman–Crippen LogP) is 2.04. The zero-order chi connectivity index (χ0) is 16.1. The van der Waals surface area contributed by atoms with Gasteiger partial charge in [0.25, 0.3) is 0 Å². The first kappa shape index (κ1) is 17.1. The monoisotopic (exact) mass is 341 g/mol. The molecule has 2 saturated heterocycles. The van der Waals surface area contributed by atoms with Crippen LogP contribution in [0.25, 0.3) is 0 Å². The minimum Gasteiger partial charge on any atom is -0.356 e. The summed E-state index contributed by atoms with van der Waals surface area (Å²) in [6.07, 6.45) is 10.0. The Hall–Kier alpha value is -0.780. The number of nitrogens with one attached hydrogen (secondary N) is 1. The van der Waals surface area contributed by atoms with Crippen molar-refractivity contribution in [1.29, 1.82) is 0 Å². The van der Waals surface area contributed by atoms with Crippen molar-refractivity contribution in [3.8, 4) is 0 Å². The Kier molecular flexibility index (Phi) is 5.83. The fourth-order valence-electron chi connectivity index (χ4n) is 4.06. The lowest BCUT2D eigenvalue weighted by atomic mass is 9.89. The van der Waals surface area contributed by atoms with E-state index in [1.54, 1.807) is 0 Å². The number of rotatable bonds is 4. The number of nitrogens with zero attached hydrogens (tertiary/aromatic N) is 2. The normalized spacial score (nSPS) is 29.1. The standard InChI is InChI=1S/C17H31N3O2S/c21-23(22)11-8-16(14-23)13-19-17(20-9-4-5-10-20)18-12-15-6-2-1-3-7-15/h15-16H,1-14H2,(H,18,19). The van der Waals surface area contributed by atoms with Gasteiger partial charge in [-0.25, -0.2) is 8.42 Å². The Morgan fingerprint density at radius 3 is 2.39 bits per heavy atom. The zero-order valence-electron chi connectivity index (χ0n) is 14.2. The second kappa shape index (κ2) is 7.86. The van der Waals surface area contributed by atoms with Crippen molar-refractivity contribution in [1.82, 2.24) is 10.2 Å². The van der Waals surface area contributed by atoms with Gasteiger partial charge in [-0.1, -0.05) is 19.3 Å². The Labute approximate surface area is 140 Å². The molecule has 6 heteroatoms. The van der Waals surface area contributed by atoms with Crippen molar-refractivity contribution in [3.05, 3.63) is 0 Å². The lowest BCUT2D eigenvalue weighted by molar-refractivity contribution is 0.350. The number of hydrogen-bond acceptors (Lipinski definition) is 3. The number of sulfone groups is 1. The molecule has 0 radical (unpaired) electrons. The molecule has 2 aliphatic heterocycles. The Morgan fingerprint density at radius 2 is 1.74 bits per heavy atom. The molecule has 5 nitrogen and oxygen atoms in total. The van der Waals surface area contributed by atoms with E-state index >= 15 is 0 Å². The number of aliphatic imine (C=N–C) groups is 1. The molecule has 1 saturated carbocycles. The second-order valence-corrected chi connectivity index (χ2v) is 9.74. The summed E-state index contributed by atoms with van der Waals surface area (Å²) in [7, 11) is -2.80. The summed E-state index contributed by atoms with van der Waals surface area (Å²) in [6.45, 7) is 3.85. The third-order valence-electron chi connectivity index (χ3n) is 5.51. The molecule has 3 aliphatic rings. The Morgan fingerprint density at radius 1 is 1.00 bits per heavy atom. The van der Waals surface area contributed by atoms with Crippen molar-refractivity contribution in [2.75, 3.05) is 37.7 Å². The van der Waals surface area contributed by atoms with Gasteiger partial charge in [-0.15, -0.1) is 0 Å². The van der Waals surface area contributed by atoms with Gasteiger partial charge in [0, 0.05) is 26.2 Å². The summed E-state index contributed by atoms with van der Waals surface area (Å²) >= 11 is 0. The lowest BCUT2D eigenvalue weighted by Gasteiger charge is -2.26. The van der Waals surface area contributed by atoms with Gasteiger partial charge in [0.15, 0.2) is 15.8 Å². The van der Waals surface area contributed by atoms with Crippen LogP contribution in [0, 0.1) is 11.8 Å². The second-order valence-electron chi connectivity index (χ2n) is 7.51. The van der Waals surface area contributed by atoms with E-state index in [0.717, 1.165) is 37.9 Å². The molecule has 3 fully saturated rings. The van der Waals surface area contributed by atoms with Crippen LogP contribution in [0.2, 0.25) is 0 Å². The molecule has 1 aliphatic carbocycles. The third-order valence-corrected chi connectivity index (χ3v) is 7.34. The van der Waals surface area contributed by atoms with Gasteiger partial charge in [0.2, 0.25) is 0 Å². The molecule has 23 heavy (non-hydrogen) atoms. The smallest absolute Gasteiger partial charge is 0.193 e. The van der Waals surface area contributed by atoms with Crippen molar-refractivity contribution >= 4 is 15.8 Å². The first-order chi connectivity index (χ1) is 11.1. The highest BCUT2D eigenvalue weighted by molar-refractivity contribution is 7.91. The van der Waals surface area contributed by atoms with Crippen LogP contribution in [-0.4, -0.2) is 57.0 Å². The van der Waals surface area contributed by atoms with E-state index in [2.05, 4.69) is 10.2 Å². The minimum atomic E-state index is -2.80. The van der Waals surface area contributed by atoms with Gasteiger partial charge in [0.1, 0.15) is 0 Å². The molecular formula is C17H31N3O2S. The summed E-state index contributed by atoms with van der Waals surface area (Å²) < 4.78 is 23.2. The van der Waals surface area contributed by atoms with E-state index in [9.17, 15) is 8.42 Å². The maximum atomic E-state index is 11.6. The zero-order valence-corrected chi connectivity index (χ0v) is 15.0. The van der Waals surface area contributed by atoms with E-state index in [1.165, 1.54) is 44.9 Å². The molecule has 132 valence electrons. The molecule has 0 bridgehead atoms. The molecule has 3 rings (SSSR count). The molecule has 1 N–H and O–H groups in total. The molecule has 1 unspecified atom stereocenters. The fourth-order valence-corrected chi connectivity index (χ4v) is 5.90. The molecule has 0 aromatic heterocycles. The summed E-state index contributed by atoms with van der Waals surface area (Å²) in [6, 6.07) is 0. The lowest BCUT2D eigenvalue weighted by Crippen LogP contribution is -2.42. The van der Waals surface area contributed by atoms with Crippen LogP contribution in [0.3, 0.4) is 0 Å². The molecule has 0 amide bonds. The molecular weight excluding hydrogens is 310 g/mol. The quantitative estimate of drug-likeness (QED) is 0.628. The van der Waals surface area contributed by atoms with Gasteiger partial charge in [-0.05, 0) is 43.9 Å². The third kappa shape index (κ3) is 5.10. The Balaban J connectivity index is 1.55. The Bertz CT molecular complexity index is 506. The van der Waals surface area contributed by atoms with Crippen LogP contribution in [0.1, 0.15) is 51.4 Å². The molecule has 1 atom stereocenters. The highest BCUT2D eigenvalue weighted by atomic mass is 32.2. The van der Waals surface area contributed by atoms with Crippen molar-refractivity contribution < 1.29 is 8.42 Å². The summed E-state index contributed by atoms with van der Waals surface area (Å²) in [4.78, 5) is 7.16. The SMILES string of the molecule is O=S1(=O)CCC(CN=C(NCC2CCCCC2)N2CCCC2)C1. The maximum Gasteiger partial charge on any atom is 0.193 e. The van der Waals surface area contributed by atoms with E-state index in [-0.39, 0.29) is 5.92 Å². The fraction of sp³-hybridized carbons (Fsp3) is 0.941. The molecule has 0 spiro atoms. The number of likely N-dealkylation sites (tertiary alicyclic amines) is 1. The highest BCUT2D eigenvalue weighted by Crippen LogP contribution is 2.23. The van der Waals surface area contributed by atoms with Crippen LogP contribution < -0.4 is 5.32 Å². The van der Waals surface area contributed by atoms with Gasteiger partial charge < -0.3 is 10.2 Å². The maximum absolute atomic E-state index is 11.6. The first-order valence-electron chi connectivity index (χ1n) is 9.36. The van der Waals surface area contributed by atoms with Crippen LogP contribution in [0.15, 0.2) is 4.99 Å². The topological polar surface area (TPSA) is 61.8 Å². The van der Waals surface area contributed by atoms with Gasteiger partial charge in [-0.3, -0.25) is 4.99 Å². The van der Waals surface area contributed by atoms with E-state index in [4.69, 9.17) is 4.99 Å². The van der Waals surface area contributed by atoms with E-state index in [0.29, 0.717) is 18.1 Å². The number of guanidine groups is 1. The minimum absolute atomic E-state index is 0.217. The van der Waals surface area contributed by atoms with Crippen molar-refractivity contribution in [3.63, 3.8) is 0 Å². The predicted molar refractivity (Wildman–Crippen MR) is 94.4 cm³/mol. The van der Waals surface area contributed by atoms with Crippen LogP contribution in [-0.2, 0) is 9.84 Å². The van der Waals surface area contributed by atoms with Crippen molar-refractivity contribution in [2.45, 2.75) is 51.4 Å². The average molecular weight is 342 g/mol. The molecule has 2 heterocycles. The number of hydrogen-bond donors (Lipinski definition) is 1. The van der Waals surface area contributed by atoms with E-state index in [1.807, 2.05) is 0 Å². The van der Waals surface area contributed by atoms with Crippen LogP contribution in [0.4, 0.5) is 0 Å². The van der Waals surface area contributed by atoms with Crippen molar-refractivity contribution in [2.24, 2.45) is 16.8 Å². The van der Waals surface area contributed by atoms with Crippen LogP contribution in [0.5, 0.6) is 0 Å². The summed E-state index contributed by atoms with van der Waals surface area (Å²) in [5.74, 6) is 2.70. The van der Waals surface area contributed by atoms with E-state index < -0.39 is 9.84 Å². The van der Waals surface area contributed by atoms with Gasteiger partial charge in [-0.2, -0.15) is 0 Å². The summed E-state index contributed by atoms with van der Waals surface area (Å²) in [5, 5.41) is 3.60. The highest BCUT2D eigenvalue weighted by Gasteiger charge is 2.28. The first-order valence-corrected chi connectivity index (χ1v) is 11.2. The average Bonchev–Trinajstić information content (AvgIpc) is 3.18. The largest absolute Gasteiger partial charge is 0.356 e.